The van der Waals surface area contributed by atoms with Gasteiger partial charge in [-0.25, -0.2) is 0 Å². The first-order valence-electron chi connectivity index (χ1n) is 0. The van der Waals surface area contributed by atoms with E-state index in [4.69, 9.17) is 0 Å². The molecular weight excluding hydrogens is 145 g/mol. The van der Waals surface area contributed by atoms with E-state index < -0.39 is 0 Å². The fourth-order valence-corrected chi connectivity index (χ4v) is 0. The Morgan fingerprint density at radius 1 is 0.444 bits per heavy atom. The molecule has 0 heterocycles. The molecule has 0 unspecified atom stereocenters. The minimum Gasteiger partial charge on any atom is -1.00 e. The van der Waals surface area contributed by atoms with E-state index in [2.05, 4.69) is 0 Å². The molecule has 0 amide bonds. The van der Waals surface area contributed by atoms with E-state index in [-0.39, 0.29) is 119 Å². The topological polar surface area (TPSA) is 0 Å². The van der Waals surface area contributed by atoms with E-state index in [9.17, 15) is 0 Å². The first-order valence-corrected chi connectivity index (χ1v) is 0. The molecular formula is C6H26Mg3. The van der Waals surface area contributed by atoms with Crippen molar-refractivity contribution < 1.29 is 5.71 Å². The predicted octanol–water partition coefficient (Wildman–Crippen LogP) is 2.75. The molecule has 56 valence electrons. The number of hydrogen-bond donors (Lipinski definition) is 0. The molecule has 0 aromatic rings. The molecule has 0 atom stereocenters. The summed E-state index contributed by atoms with van der Waals surface area (Å²) in [6, 6.07) is 0. The van der Waals surface area contributed by atoms with Gasteiger partial charge in [0.2, 0.25) is 0 Å². The van der Waals surface area contributed by atoms with Crippen LogP contribution >= 0.6 is 0 Å². The van der Waals surface area contributed by atoms with Gasteiger partial charge in [-0.05, 0) is 0 Å². The van der Waals surface area contributed by atoms with Gasteiger partial charge in [0.1, 0.15) is 0 Å². The van der Waals surface area contributed by atoms with E-state index in [1.165, 1.54) is 0 Å². The van der Waals surface area contributed by atoms with Gasteiger partial charge in [0.15, 0.2) is 0 Å². The van der Waals surface area contributed by atoms with Crippen molar-refractivity contribution in [1.82, 2.24) is 0 Å². The molecule has 0 radical (unpaired) electrons. The quantitative estimate of drug-likeness (QED) is 0.388. The van der Waals surface area contributed by atoms with Crippen LogP contribution in [0.1, 0.15) is 35.4 Å². The largest absolute Gasteiger partial charge is 2.00 e. The van der Waals surface area contributed by atoms with Crippen molar-refractivity contribution in [3.63, 3.8) is 0 Å². The van der Waals surface area contributed by atoms with Gasteiger partial charge in [-0.15, -0.1) is 0 Å². The number of rotatable bonds is 0. The minimum absolute atomic E-state index is 0. The summed E-state index contributed by atoms with van der Waals surface area (Å²) in [6.07, 6.45) is 0. The van der Waals surface area contributed by atoms with Crippen LogP contribution in [0.15, 0.2) is 0 Å². The Labute approximate surface area is 118 Å². The second-order valence-electron chi connectivity index (χ2n) is 0. The van der Waals surface area contributed by atoms with Gasteiger partial charge in [0.25, 0.3) is 0 Å². The van der Waals surface area contributed by atoms with Crippen LogP contribution in [0, 0.1) is 14.9 Å². The Morgan fingerprint density at radius 3 is 0.444 bits per heavy atom. The molecule has 9 heavy (non-hydrogen) atoms. The molecule has 0 aliphatic heterocycles. The Balaban J connectivity index is 0. The van der Waals surface area contributed by atoms with Crippen molar-refractivity contribution in [3.05, 3.63) is 14.9 Å². The van der Waals surface area contributed by atoms with Crippen LogP contribution in [0.5, 0.6) is 0 Å². The van der Waals surface area contributed by atoms with Crippen molar-refractivity contribution >= 4 is 69.2 Å². The van der Waals surface area contributed by atoms with Gasteiger partial charge in [-0.1, -0.05) is 29.7 Å². The molecule has 0 saturated carbocycles. The molecule has 0 rings (SSSR count). The fourth-order valence-electron chi connectivity index (χ4n) is 0. The Hall–Kier alpha value is 2.30. The molecule has 0 aromatic carbocycles. The summed E-state index contributed by atoms with van der Waals surface area (Å²) >= 11 is 0. The molecule has 0 aromatic heterocycles. The van der Waals surface area contributed by atoms with Crippen LogP contribution in [0.3, 0.4) is 0 Å². The van der Waals surface area contributed by atoms with Crippen molar-refractivity contribution in [2.75, 3.05) is 0 Å². The zero-order valence-corrected chi connectivity index (χ0v) is 8.36. The van der Waals surface area contributed by atoms with E-state index in [1.54, 1.807) is 0 Å². The molecule has 0 fully saturated rings. The third-order valence-corrected chi connectivity index (χ3v) is 0. The van der Waals surface area contributed by atoms with Gasteiger partial charge in [0, 0.05) is 0 Å². The minimum atomic E-state index is 0. The Bertz CT molecular complexity index is 19.8. The van der Waals surface area contributed by atoms with Crippen LogP contribution in [0.4, 0.5) is 0 Å². The van der Waals surface area contributed by atoms with Crippen LogP contribution in [0.2, 0.25) is 0 Å². The maximum Gasteiger partial charge on any atom is 2.00 e. The standard InChI is InChI=1S/4CH4.2CH3.3Mg.4H/h4*1H4;2*1H3;;;;;;;/q;;;;2*-1;3*+2;4*-1. The van der Waals surface area contributed by atoms with Gasteiger partial charge in [-0.2, -0.15) is 0 Å². The van der Waals surface area contributed by atoms with Crippen molar-refractivity contribution in [2.24, 2.45) is 0 Å². The predicted molar refractivity (Wildman–Crippen MR) is 61.5 cm³/mol. The third-order valence-electron chi connectivity index (χ3n) is 0. The van der Waals surface area contributed by atoms with Crippen LogP contribution < -0.4 is 0 Å². The van der Waals surface area contributed by atoms with Crippen LogP contribution in [-0.4, -0.2) is 69.2 Å². The van der Waals surface area contributed by atoms with Gasteiger partial charge < -0.3 is 20.6 Å². The van der Waals surface area contributed by atoms with E-state index in [1.807, 2.05) is 0 Å². The van der Waals surface area contributed by atoms with Gasteiger partial charge in [-0.3, -0.25) is 0 Å². The summed E-state index contributed by atoms with van der Waals surface area (Å²) in [4.78, 5) is 0. The monoisotopic (exact) mass is 170 g/mol. The average Bonchev–Trinajstić information content (AvgIpc) is 0. The molecule has 0 N–H and O–H groups in total. The summed E-state index contributed by atoms with van der Waals surface area (Å²) in [7, 11) is 0. The molecule has 0 nitrogen and oxygen atoms in total. The Morgan fingerprint density at radius 2 is 0.444 bits per heavy atom. The molecule has 0 spiro atoms. The molecule has 0 bridgehead atoms. The molecule has 3 heteroatoms. The zero-order valence-electron chi connectivity index (χ0n) is 8.12. The molecule has 0 aliphatic carbocycles. The summed E-state index contributed by atoms with van der Waals surface area (Å²) < 4.78 is 0. The van der Waals surface area contributed by atoms with Crippen molar-refractivity contribution in [3.8, 4) is 0 Å². The maximum atomic E-state index is 0. The average molecular weight is 171 g/mol. The van der Waals surface area contributed by atoms with E-state index in [0.717, 1.165) is 0 Å². The van der Waals surface area contributed by atoms with E-state index in [0.29, 0.717) is 0 Å². The van der Waals surface area contributed by atoms with Crippen LogP contribution in [-0.2, 0) is 0 Å². The Kier molecular flexibility index (Phi) is 4250. The van der Waals surface area contributed by atoms with Crippen molar-refractivity contribution in [1.29, 1.82) is 0 Å². The molecule has 0 saturated heterocycles. The summed E-state index contributed by atoms with van der Waals surface area (Å²) in [5, 5.41) is 0. The molecule has 0 aliphatic rings. The van der Waals surface area contributed by atoms with E-state index >= 15 is 0 Å². The normalized spacial score (nSPS) is 0. The summed E-state index contributed by atoms with van der Waals surface area (Å²) in [5.74, 6) is 0. The maximum absolute atomic E-state index is 0. The van der Waals surface area contributed by atoms with Gasteiger partial charge in [0.05, 0.1) is 0 Å². The van der Waals surface area contributed by atoms with Crippen molar-refractivity contribution in [2.45, 2.75) is 29.7 Å². The van der Waals surface area contributed by atoms with Crippen LogP contribution in [0.25, 0.3) is 0 Å². The first kappa shape index (κ1) is 227. The zero-order chi connectivity index (χ0) is 0. The smallest absolute Gasteiger partial charge is 1.00 e. The second-order valence-corrected chi connectivity index (χ2v) is 0. The van der Waals surface area contributed by atoms with Gasteiger partial charge >= 0.3 is 69.2 Å². The summed E-state index contributed by atoms with van der Waals surface area (Å²) in [6.45, 7) is 0. The summed E-state index contributed by atoms with van der Waals surface area (Å²) in [5.41, 5.74) is 0. The number of hydrogen-bond acceptors (Lipinski definition) is 0. The SMILES string of the molecule is C.C.C.C.[CH3-].[CH3-].[H-].[H-].[H-].[H-].[Mg+2].[Mg+2].[Mg+2]. The fraction of sp³-hybridized carbons (Fsp3) is 0.667. The second kappa shape index (κ2) is 169. The first-order chi connectivity index (χ1) is 0. The third kappa shape index (κ3) is 134.